The van der Waals surface area contributed by atoms with E-state index in [4.69, 9.17) is 9.47 Å². The zero-order chi connectivity index (χ0) is 16.4. The third-order valence-corrected chi connectivity index (χ3v) is 2.94. The molecule has 1 rings (SSSR count). The molecular formula is C17H22O5. The van der Waals surface area contributed by atoms with Gasteiger partial charge in [-0.1, -0.05) is 38.8 Å². The van der Waals surface area contributed by atoms with Gasteiger partial charge in [-0.05, 0) is 25.0 Å². The Morgan fingerprint density at radius 1 is 1.05 bits per heavy atom. The molecule has 2 atom stereocenters. The van der Waals surface area contributed by atoms with Gasteiger partial charge >= 0.3 is 11.9 Å². The molecule has 5 nitrogen and oxygen atoms in total. The van der Waals surface area contributed by atoms with Gasteiger partial charge in [0.05, 0.1) is 0 Å². The number of ether oxygens (including phenoxy) is 2. The van der Waals surface area contributed by atoms with Crippen LogP contribution >= 0.6 is 0 Å². The van der Waals surface area contributed by atoms with Crippen molar-refractivity contribution in [3.8, 4) is 0 Å². The minimum atomic E-state index is -1.10. The van der Waals surface area contributed by atoms with Gasteiger partial charge in [0.1, 0.15) is 0 Å². The van der Waals surface area contributed by atoms with Crippen LogP contribution in [0.15, 0.2) is 36.5 Å². The Morgan fingerprint density at radius 3 is 2.14 bits per heavy atom. The van der Waals surface area contributed by atoms with E-state index in [1.54, 1.807) is 12.2 Å². The maximum atomic E-state index is 11.7. The molecule has 2 unspecified atom stereocenters. The Kier molecular flexibility index (Phi) is 7.89. The highest BCUT2D eigenvalue weighted by molar-refractivity contribution is 5.99. The molecule has 0 fully saturated rings. The maximum Gasteiger partial charge on any atom is 0.331 e. The summed E-state index contributed by atoms with van der Waals surface area (Å²) in [6.07, 6.45) is 10.1. The normalized spacial score (nSPS) is 20.9. The summed E-state index contributed by atoms with van der Waals surface area (Å²) in [5.41, 5.74) is 0. The third kappa shape index (κ3) is 6.08. The molecule has 1 aliphatic rings. The quantitative estimate of drug-likeness (QED) is 0.509. The van der Waals surface area contributed by atoms with E-state index in [2.05, 4.69) is 0 Å². The van der Waals surface area contributed by atoms with Crippen molar-refractivity contribution in [3.05, 3.63) is 36.5 Å². The highest BCUT2D eigenvalue weighted by Gasteiger charge is 2.35. The fourth-order valence-corrected chi connectivity index (χ4v) is 1.80. The molecule has 0 radical (unpaired) electrons. The number of carbonyl (C=O) groups excluding carboxylic acids is 3. The Hall–Kier alpha value is -2.17. The molecule has 0 aromatic rings. The Bertz CT molecular complexity index is 487. The lowest BCUT2D eigenvalue weighted by molar-refractivity contribution is -0.160. The summed E-state index contributed by atoms with van der Waals surface area (Å²) >= 11 is 0. The van der Waals surface area contributed by atoms with E-state index in [0.717, 1.165) is 25.7 Å². The molecule has 0 bridgehead atoms. The van der Waals surface area contributed by atoms with Crippen molar-refractivity contribution < 1.29 is 23.9 Å². The minimum absolute atomic E-state index is 0.382. The summed E-state index contributed by atoms with van der Waals surface area (Å²) in [6.45, 7) is 3.98. The zero-order valence-corrected chi connectivity index (χ0v) is 13.0. The molecular weight excluding hydrogens is 284 g/mol. The van der Waals surface area contributed by atoms with Crippen LogP contribution in [0.1, 0.15) is 39.5 Å². The van der Waals surface area contributed by atoms with E-state index in [1.165, 1.54) is 24.3 Å². The van der Waals surface area contributed by atoms with E-state index in [1.807, 2.05) is 13.8 Å². The number of rotatable bonds is 8. The second-order valence-corrected chi connectivity index (χ2v) is 4.90. The first-order valence-corrected chi connectivity index (χ1v) is 7.54. The standard InChI is InChI=1S/C17H22O5/c1-3-5-7-9-15(19)21-14-12-11-13(18)17(14)22-16(20)10-8-6-4-2/h7-12,14,17H,3-6H2,1-2H3/b9-7+,10-8+. The highest BCUT2D eigenvalue weighted by Crippen LogP contribution is 2.16. The molecule has 0 saturated heterocycles. The lowest BCUT2D eigenvalue weighted by Gasteiger charge is -2.17. The van der Waals surface area contributed by atoms with Crippen molar-refractivity contribution in [2.24, 2.45) is 0 Å². The van der Waals surface area contributed by atoms with E-state index >= 15 is 0 Å². The molecule has 0 heterocycles. The first-order chi connectivity index (χ1) is 10.6. The fraction of sp³-hybridized carbons (Fsp3) is 0.471. The Morgan fingerprint density at radius 2 is 1.59 bits per heavy atom. The van der Waals surface area contributed by atoms with E-state index in [0.29, 0.717) is 0 Å². The monoisotopic (exact) mass is 306 g/mol. The Labute approximate surface area is 130 Å². The van der Waals surface area contributed by atoms with E-state index in [-0.39, 0.29) is 5.78 Å². The van der Waals surface area contributed by atoms with Gasteiger partial charge < -0.3 is 9.47 Å². The molecule has 1 aliphatic carbocycles. The van der Waals surface area contributed by atoms with Gasteiger partial charge in [-0.15, -0.1) is 0 Å². The van der Waals surface area contributed by atoms with Gasteiger partial charge in [0.2, 0.25) is 6.10 Å². The van der Waals surface area contributed by atoms with Gasteiger partial charge in [0.25, 0.3) is 0 Å². The van der Waals surface area contributed by atoms with Crippen LogP contribution in [0.4, 0.5) is 0 Å². The smallest absolute Gasteiger partial charge is 0.331 e. The molecule has 5 heteroatoms. The van der Waals surface area contributed by atoms with Crippen LogP contribution < -0.4 is 0 Å². The van der Waals surface area contributed by atoms with Gasteiger partial charge in [0, 0.05) is 12.2 Å². The van der Waals surface area contributed by atoms with Crippen molar-refractivity contribution in [1.82, 2.24) is 0 Å². The van der Waals surface area contributed by atoms with Gasteiger partial charge in [0.15, 0.2) is 11.9 Å². The van der Waals surface area contributed by atoms with Crippen LogP contribution in [0.2, 0.25) is 0 Å². The lowest BCUT2D eigenvalue weighted by Crippen LogP contribution is -2.34. The topological polar surface area (TPSA) is 69.7 Å². The summed E-state index contributed by atoms with van der Waals surface area (Å²) < 4.78 is 10.2. The van der Waals surface area contributed by atoms with Crippen molar-refractivity contribution >= 4 is 17.7 Å². The minimum Gasteiger partial charge on any atom is -0.450 e. The average molecular weight is 306 g/mol. The zero-order valence-electron chi connectivity index (χ0n) is 13.0. The number of allylic oxidation sites excluding steroid dienone is 2. The molecule has 0 amide bonds. The third-order valence-electron chi connectivity index (χ3n) is 2.94. The number of ketones is 1. The predicted octanol–water partition coefficient (Wildman–Crippen LogP) is 2.66. The van der Waals surface area contributed by atoms with Gasteiger partial charge in [-0.25, -0.2) is 9.59 Å². The molecule has 0 aromatic carbocycles. The first kappa shape index (κ1) is 17.9. The molecule has 0 N–H and O–H groups in total. The highest BCUT2D eigenvalue weighted by atomic mass is 16.6. The molecule has 0 aliphatic heterocycles. The number of unbranched alkanes of at least 4 members (excludes halogenated alkanes) is 2. The second-order valence-electron chi connectivity index (χ2n) is 4.90. The SMILES string of the molecule is CCC/C=C/C(=O)OC1C=CC(=O)C1OC(=O)/C=C/CCC. The van der Waals surface area contributed by atoms with Crippen LogP contribution in [0.25, 0.3) is 0 Å². The van der Waals surface area contributed by atoms with E-state index in [9.17, 15) is 14.4 Å². The Balaban J connectivity index is 2.55. The summed E-state index contributed by atoms with van der Waals surface area (Å²) in [7, 11) is 0. The van der Waals surface area contributed by atoms with Crippen molar-refractivity contribution in [1.29, 1.82) is 0 Å². The van der Waals surface area contributed by atoms with Crippen molar-refractivity contribution in [3.63, 3.8) is 0 Å². The van der Waals surface area contributed by atoms with Crippen LogP contribution in [-0.2, 0) is 23.9 Å². The van der Waals surface area contributed by atoms with E-state index < -0.39 is 24.1 Å². The first-order valence-electron chi connectivity index (χ1n) is 7.54. The summed E-state index contributed by atoms with van der Waals surface area (Å²) in [5, 5.41) is 0. The van der Waals surface area contributed by atoms with Crippen LogP contribution in [0.5, 0.6) is 0 Å². The van der Waals surface area contributed by atoms with Crippen LogP contribution in [0, 0.1) is 0 Å². The van der Waals surface area contributed by atoms with Gasteiger partial charge in [-0.2, -0.15) is 0 Å². The molecule has 120 valence electrons. The number of esters is 2. The summed E-state index contributed by atoms with van der Waals surface area (Å²) in [5.74, 6) is -1.55. The second kappa shape index (κ2) is 9.71. The van der Waals surface area contributed by atoms with Crippen molar-refractivity contribution in [2.75, 3.05) is 0 Å². The van der Waals surface area contributed by atoms with Crippen LogP contribution in [0.3, 0.4) is 0 Å². The maximum absolute atomic E-state index is 11.7. The molecule has 0 aromatic heterocycles. The largest absolute Gasteiger partial charge is 0.450 e. The summed E-state index contributed by atoms with van der Waals surface area (Å²) in [6, 6.07) is 0. The molecule has 0 saturated carbocycles. The van der Waals surface area contributed by atoms with Crippen LogP contribution in [-0.4, -0.2) is 29.9 Å². The van der Waals surface area contributed by atoms with Crippen molar-refractivity contribution in [2.45, 2.75) is 51.7 Å². The molecule has 0 spiro atoms. The van der Waals surface area contributed by atoms with Gasteiger partial charge in [-0.3, -0.25) is 4.79 Å². The number of carbonyl (C=O) groups is 3. The summed E-state index contributed by atoms with van der Waals surface area (Å²) in [4.78, 5) is 34.9. The number of hydrogen-bond donors (Lipinski definition) is 0. The number of hydrogen-bond acceptors (Lipinski definition) is 5. The molecule has 22 heavy (non-hydrogen) atoms. The predicted molar refractivity (Wildman–Crippen MR) is 82.0 cm³/mol. The fourth-order valence-electron chi connectivity index (χ4n) is 1.80. The lowest BCUT2D eigenvalue weighted by atomic mass is 10.2. The average Bonchev–Trinajstić information content (AvgIpc) is 2.81.